The van der Waals surface area contributed by atoms with Crippen LogP contribution in [0.4, 0.5) is 0 Å². The summed E-state index contributed by atoms with van der Waals surface area (Å²) in [5, 5.41) is 9.32. The Balaban J connectivity index is 3.56. The van der Waals surface area contributed by atoms with Gasteiger partial charge in [-0.05, 0) is 12.8 Å². The summed E-state index contributed by atoms with van der Waals surface area (Å²) in [6, 6.07) is 0. The standard InChI is InChI=1S/C8H18O2/c1-4-6-8(10-3)7(9)5-2/h7-9H,4-6H2,1-3H3. The molecule has 0 rings (SSSR count). The van der Waals surface area contributed by atoms with Crippen molar-refractivity contribution < 1.29 is 9.84 Å². The maximum atomic E-state index is 9.32. The highest BCUT2D eigenvalue weighted by Gasteiger charge is 2.14. The lowest BCUT2D eigenvalue weighted by Crippen LogP contribution is -2.26. The van der Waals surface area contributed by atoms with Crippen LogP contribution in [0, 0.1) is 0 Å². The molecule has 0 radical (unpaired) electrons. The fourth-order valence-electron chi connectivity index (χ4n) is 1.01. The number of aliphatic hydroxyl groups is 1. The number of methoxy groups -OCH3 is 1. The summed E-state index contributed by atoms with van der Waals surface area (Å²) in [5.41, 5.74) is 0. The lowest BCUT2D eigenvalue weighted by molar-refractivity contribution is -0.0178. The van der Waals surface area contributed by atoms with Crippen molar-refractivity contribution in [3.05, 3.63) is 0 Å². The Hall–Kier alpha value is -0.0800. The molecule has 0 aromatic carbocycles. The van der Waals surface area contributed by atoms with Gasteiger partial charge in [-0.3, -0.25) is 0 Å². The molecule has 0 aliphatic carbocycles. The number of aliphatic hydroxyl groups excluding tert-OH is 1. The van der Waals surface area contributed by atoms with Gasteiger partial charge < -0.3 is 9.84 Å². The van der Waals surface area contributed by atoms with Crippen LogP contribution in [-0.4, -0.2) is 24.4 Å². The first kappa shape index (κ1) is 9.92. The van der Waals surface area contributed by atoms with E-state index >= 15 is 0 Å². The Bertz CT molecular complexity index is 73.7. The van der Waals surface area contributed by atoms with Crippen LogP contribution in [0.5, 0.6) is 0 Å². The summed E-state index contributed by atoms with van der Waals surface area (Å²) < 4.78 is 5.09. The first-order valence-corrected chi connectivity index (χ1v) is 3.97. The Morgan fingerprint density at radius 3 is 2.30 bits per heavy atom. The zero-order valence-corrected chi connectivity index (χ0v) is 7.13. The quantitative estimate of drug-likeness (QED) is 0.638. The summed E-state index contributed by atoms with van der Waals surface area (Å²) in [7, 11) is 1.65. The second kappa shape index (κ2) is 5.69. The van der Waals surface area contributed by atoms with Gasteiger partial charge in [0.15, 0.2) is 0 Å². The highest BCUT2D eigenvalue weighted by molar-refractivity contribution is 4.65. The van der Waals surface area contributed by atoms with E-state index in [9.17, 15) is 5.11 Å². The Kier molecular flexibility index (Phi) is 5.64. The van der Waals surface area contributed by atoms with Crippen LogP contribution in [0.1, 0.15) is 33.1 Å². The van der Waals surface area contributed by atoms with Gasteiger partial charge in [-0.15, -0.1) is 0 Å². The topological polar surface area (TPSA) is 29.5 Å². The molecule has 0 aliphatic heterocycles. The molecule has 2 unspecified atom stereocenters. The molecule has 0 saturated carbocycles. The summed E-state index contributed by atoms with van der Waals surface area (Å²) in [5.74, 6) is 0. The molecule has 0 bridgehead atoms. The fourth-order valence-corrected chi connectivity index (χ4v) is 1.01. The molecule has 0 saturated heterocycles. The van der Waals surface area contributed by atoms with Crippen LogP contribution in [0.2, 0.25) is 0 Å². The largest absolute Gasteiger partial charge is 0.390 e. The molecule has 2 heteroatoms. The first-order valence-electron chi connectivity index (χ1n) is 3.97. The maximum Gasteiger partial charge on any atom is 0.0829 e. The zero-order chi connectivity index (χ0) is 7.98. The zero-order valence-electron chi connectivity index (χ0n) is 7.13. The van der Waals surface area contributed by atoms with Gasteiger partial charge in [0.2, 0.25) is 0 Å². The molecular weight excluding hydrogens is 128 g/mol. The van der Waals surface area contributed by atoms with E-state index in [2.05, 4.69) is 6.92 Å². The molecule has 0 aliphatic rings. The predicted octanol–water partition coefficient (Wildman–Crippen LogP) is 1.57. The maximum absolute atomic E-state index is 9.32. The van der Waals surface area contributed by atoms with Crippen LogP contribution in [0.3, 0.4) is 0 Å². The van der Waals surface area contributed by atoms with Crippen molar-refractivity contribution in [3.63, 3.8) is 0 Å². The molecule has 0 amide bonds. The van der Waals surface area contributed by atoms with E-state index in [1.165, 1.54) is 0 Å². The van der Waals surface area contributed by atoms with Gasteiger partial charge in [0.25, 0.3) is 0 Å². The third-order valence-corrected chi connectivity index (χ3v) is 1.72. The van der Waals surface area contributed by atoms with Crippen molar-refractivity contribution >= 4 is 0 Å². The van der Waals surface area contributed by atoms with Crippen LogP contribution in [-0.2, 0) is 4.74 Å². The van der Waals surface area contributed by atoms with Gasteiger partial charge >= 0.3 is 0 Å². The van der Waals surface area contributed by atoms with Crippen molar-refractivity contribution in [2.45, 2.75) is 45.3 Å². The smallest absolute Gasteiger partial charge is 0.0829 e. The minimum Gasteiger partial charge on any atom is -0.390 e. The normalized spacial score (nSPS) is 16.8. The summed E-state index contributed by atoms with van der Waals surface area (Å²) >= 11 is 0. The molecule has 0 aromatic heterocycles. The van der Waals surface area contributed by atoms with Crippen LogP contribution < -0.4 is 0 Å². The third kappa shape index (κ3) is 3.18. The molecule has 10 heavy (non-hydrogen) atoms. The average Bonchev–Trinajstić information content (AvgIpc) is 1.99. The SMILES string of the molecule is CCCC(OC)C(O)CC. The lowest BCUT2D eigenvalue weighted by atomic mass is 10.1. The van der Waals surface area contributed by atoms with E-state index in [4.69, 9.17) is 4.74 Å². The summed E-state index contributed by atoms with van der Waals surface area (Å²) in [6.45, 7) is 4.06. The minimum absolute atomic E-state index is 0.0370. The van der Waals surface area contributed by atoms with Gasteiger partial charge in [0, 0.05) is 7.11 Å². The van der Waals surface area contributed by atoms with Crippen LogP contribution >= 0.6 is 0 Å². The highest BCUT2D eigenvalue weighted by atomic mass is 16.5. The fraction of sp³-hybridized carbons (Fsp3) is 1.00. The summed E-state index contributed by atoms with van der Waals surface area (Å²) in [6.07, 6.45) is 2.54. The van der Waals surface area contributed by atoms with Crippen molar-refractivity contribution in [3.8, 4) is 0 Å². The van der Waals surface area contributed by atoms with Crippen molar-refractivity contribution in [1.82, 2.24) is 0 Å². The Labute approximate surface area is 63.2 Å². The van der Waals surface area contributed by atoms with E-state index in [1.54, 1.807) is 7.11 Å². The van der Waals surface area contributed by atoms with E-state index in [1.807, 2.05) is 6.92 Å². The molecule has 0 aromatic rings. The lowest BCUT2D eigenvalue weighted by Gasteiger charge is -2.19. The van der Waals surface area contributed by atoms with E-state index in [-0.39, 0.29) is 12.2 Å². The van der Waals surface area contributed by atoms with Crippen molar-refractivity contribution in [2.24, 2.45) is 0 Å². The van der Waals surface area contributed by atoms with E-state index < -0.39 is 0 Å². The number of hydrogen-bond acceptors (Lipinski definition) is 2. The Morgan fingerprint density at radius 2 is 2.00 bits per heavy atom. The molecule has 0 fully saturated rings. The molecule has 1 N–H and O–H groups in total. The van der Waals surface area contributed by atoms with Crippen molar-refractivity contribution in [2.75, 3.05) is 7.11 Å². The van der Waals surface area contributed by atoms with Gasteiger partial charge in [0.05, 0.1) is 12.2 Å². The minimum atomic E-state index is -0.287. The van der Waals surface area contributed by atoms with E-state index in [0.29, 0.717) is 0 Å². The van der Waals surface area contributed by atoms with Gasteiger partial charge in [0.1, 0.15) is 0 Å². The number of rotatable bonds is 5. The highest BCUT2D eigenvalue weighted by Crippen LogP contribution is 2.08. The number of hydrogen-bond donors (Lipinski definition) is 1. The Morgan fingerprint density at radius 1 is 1.40 bits per heavy atom. The molecule has 2 nitrogen and oxygen atoms in total. The van der Waals surface area contributed by atoms with E-state index in [0.717, 1.165) is 19.3 Å². The second-order valence-corrected chi connectivity index (χ2v) is 2.54. The molecule has 62 valence electrons. The van der Waals surface area contributed by atoms with Gasteiger partial charge in [-0.1, -0.05) is 20.3 Å². The van der Waals surface area contributed by atoms with Gasteiger partial charge in [-0.25, -0.2) is 0 Å². The summed E-state index contributed by atoms with van der Waals surface area (Å²) in [4.78, 5) is 0. The monoisotopic (exact) mass is 146 g/mol. The van der Waals surface area contributed by atoms with Crippen molar-refractivity contribution in [1.29, 1.82) is 0 Å². The number of ether oxygens (including phenoxy) is 1. The molecular formula is C8H18O2. The third-order valence-electron chi connectivity index (χ3n) is 1.72. The molecule has 0 heterocycles. The van der Waals surface area contributed by atoms with Crippen LogP contribution in [0.25, 0.3) is 0 Å². The predicted molar refractivity (Wildman–Crippen MR) is 42.0 cm³/mol. The van der Waals surface area contributed by atoms with Crippen LogP contribution in [0.15, 0.2) is 0 Å². The molecule has 2 atom stereocenters. The first-order chi connectivity index (χ1) is 4.76. The molecule has 0 spiro atoms. The average molecular weight is 146 g/mol. The van der Waals surface area contributed by atoms with Gasteiger partial charge in [-0.2, -0.15) is 0 Å². The second-order valence-electron chi connectivity index (χ2n) is 2.54.